The van der Waals surface area contributed by atoms with Crippen LogP contribution in [0.15, 0.2) is 24.3 Å². The van der Waals surface area contributed by atoms with E-state index < -0.39 is 53.2 Å². The summed E-state index contributed by atoms with van der Waals surface area (Å²) >= 11 is 0. The van der Waals surface area contributed by atoms with Crippen molar-refractivity contribution in [2.45, 2.75) is 91.3 Å². The number of ether oxygens (including phenoxy) is 4. The zero-order valence-electron chi connectivity index (χ0n) is 23.5. The Bertz CT molecular complexity index is 765. The van der Waals surface area contributed by atoms with Crippen LogP contribution in [0.2, 0.25) is 38.3 Å². The highest BCUT2D eigenvalue weighted by Crippen LogP contribution is 2.23. The lowest BCUT2D eigenvalue weighted by Crippen LogP contribution is -2.44. The number of rotatable bonds is 16. The number of nitrogens with one attached hydrogen (secondary N) is 2. The Morgan fingerprint density at radius 2 is 1.03 bits per heavy atom. The minimum atomic E-state index is -2.01. The summed E-state index contributed by atoms with van der Waals surface area (Å²) in [5.41, 5.74) is 0.485. The Kier molecular flexibility index (Phi) is 15.1. The average molecular weight is 561 g/mol. The second kappa shape index (κ2) is 16.2. The Morgan fingerprint density at radius 3 is 1.32 bits per heavy atom. The molecule has 0 aliphatic heterocycles. The zero-order valence-corrected chi connectivity index (χ0v) is 25.5. The van der Waals surface area contributed by atoms with E-state index in [4.69, 9.17) is 23.1 Å². The van der Waals surface area contributed by atoms with Crippen LogP contribution in [0.5, 0.6) is 0 Å². The molecule has 2 N–H and O–H groups in total. The molecule has 2 atom stereocenters. The number of carbonyl (C=O) groups excluding carboxylic acids is 4. The highest BCUT2D eigenvalue weighted by atomic mass is 28.4. The molecule has 0 aromatic heterocycles. The van der Waals surface area contributed by atoms with Gasteiger partial charge < -0.3 is 23.1 Å². The van der Waals surface area contributed by atoms with E-state index in [2.05, 4.69) is 50.0 Å². The highest BCUT2D eigenvalue weighted by Gasteiger charge is 2.32. The summed E-state index contributed by atoms with van der Waals surface area (Å²) in [6.45, 7) is 22.0. The number of hydrogen-bond acceptors (Lipinski definition) is 9. The molecule has 11 nitrogen and oxygen atoms in total. The molecule has 13 heteroatoms. The van der Waals surface area contributed by atoms with Crippen molar-refractivity contribution in [2.75, 3.05) is 13.2 Å². The van der Waals surface area contributed by atoms with E-state index in [1.807, 2.05) is 0 Å². The van der Waals surface area contributed by atoms with Crippen molar-refractivity contribution >= 4 is 40.8 Å². The van der Waals surface area contributed by atoms with Gasteiger partial charge in [-0.1, -0.05) is 13.2 Å². The maximum atomic E-state index is 11.9. The fraction of sp³-hybridized carbons (Fsp3) is 0.667. The van der Waals surface area contributed by atoms with Gasteiger partial charge in [-0.05, 0) is 78.8 Å². The second-order valence-electron chi connectivity index (χ2n) is 10.0. The normalized spacial score (nSPS) is 13.0. The van der Waals surface area contributed by atoms with Gasteiger partial charge in [-0.2, -0.15) is 0 Å². The van der Waals surface area contributed by atoms with Gasteiger partial charge in [0.1, 0.15) is 0 Å². The molecule has 0 rings (SSSR count). The molecule has 0 aliphatic carbocycles. The fourth-order valence-electron chi connectivity index (χ4n) is 3.17. The zero-order chi connectivity index (χ0) is 28.8. The lowest BCUT2D eigenvalue weighted by atomic mass is 10.4. The van der Waals surface area contributed by atoms with Crippen molar-refractivity contribution in [3.05, 3.63) is 24.3 Å². The Balaban J connectivity index is 4.23. The van der Waals surface area contributed by atoms with Crippen LogP contribution in [0.3, 0.4) is 0 Å². The van der Waals surface area contributed by atoms with Crippen molar-refractivity contribution in [3.63, 3.8) is 0 Å². The molecule has 0 aromatic rings. The first-order valence-electron chi connectivity index (χ1n) is 12.2. The van der Waals surface area contributed by atoms with Crippen LogP contribution in [0, 0.1) is 0 Å². The lowest BCUT2D eigenvalue weighted by Gasteiger charge is -2.34. The minimum Gasteiger partial charge on any atom is -0.455 e. The summed E-state index contributed by atoms with van der Waals surface area (Å²) in [7, 11) is -4.02. The molecule has 0 heterocycles. The first-order chi connectivity index (χ1) is 16.9. The topological polar surface area (TPSA) is 138 Å². The first-order valence-corrected chi connectivity index (χ1v) is 18.5. The van der Waals surface area contributed by atoms with E-state index in [1.54, 1.807) is 0 Å². The predicted octanol–water partition coefficient (Wildman–Crippen LogP) is 4.58. The van der Waals surface area contributed by atoms with Crippen LogP contribution in [-0.2, 0) is 32.7 Å². The number of hydrogen-bond donors (Lipinski definition) is 2. The number of alkyl carbamates (subject to hydrolysis) is 2. The van der Waals surface area contributed by atoms with Crippen LogP contribution < -0.4 is 10.6 Å². The summed E-state index contributed by atoms with van der Waals surface area (Å²) in [4.78, 5) is 46.6. The molecular formula is C24H44N2O9Si2. The maximum Gasteiger partial charge on any atom is 0.409 e. The Labute approximate surface area is 222 Å². The first kappa shape index (κ1) is 34.4. The molecule has 0 fully saturated rings. The number of amides is 2. The van der Waals surface area contributed by atoms with Crippen LogP contribution >= 0.6 is 0 Å². The molecular weight excluding hydrogens is 516 g/mol. The molecule has 0 bridgehead atoms. The molecule has 0 aromatic carbocycles. The van der Waals surface area contributed by atoms with Crippen molar-refractivity contribution in [1.82, 2.24) is 10.6 Å². The third-order valence-corrected chi connectivity index (χ3v) is 12.3. The molecule has 0 saturated carbocycles. The molecule has 0 saturated heterocycles. The molecule has 212 valence electrons. The van der Waals surface area contributed by atoms with Gasteiger partial charge in [0.2, 0.25) is 0 Å². The van der Waals surface area contributed by atoms with Crippen LogP contribution in [0.4, 0.5) is 9.59 Å². The van der Waals surface area contributed by atoms with Gasteiger partial charge >= 0.3 is 24.1 Å². The van der Waals surface area contributed by atoms with E-state index in [0.717, 1.165) is 12.1 Å². The van der Waals surface area contributed by atoms with Crippen LogP contribution in [-0.4, -0.2) is 66.4 Å². The molecule has 0 aliphatic rings. The van der Waals surface area contributed by atoms with E-state index in [1.165, 1.54) is 27.7 Å². The fourth-order valence-corrected chi connectivity index (χ4v) is 12.0. The van der Waals surface area contributed by atoms with Crippen LogP contribution in [0.1, 0.15) is 40.5 Å². The monoisotopic (exact) mass is 560 g/mol. The molecule has 2 amide bonds. The van der Waals surface area contributed by atoms with Gasteiger partial charge in [0.25, 0.3) is 0 Å². The van der Waals surface area contributed by atoms with Crippen molar-refractivity contribution in [2.24, 2.45) is 0 Å². The molecule has 2 unspecified atom stereocenters. The third-order valence-electron chi connectivity index (χ3n) is 4.77. The summed E-state index contributed by atoms with van der Waals surface area (Å²) < 4.78 is 26.8. The Morgan fingerprint density at radius 1 is 0.703 bits per heavy atom. The minimum absolute atomic E-state index is 0.220. The van der Waals surface area contributed by atoms with Crippen molar-refractivity contribution < 1.29 is 42.2 Å². The van der Waals surface area contributed by atoms with Crippen molar-refractivity contribution in [3.8, 4) is 0 Å². The highest BCUT2D eigenvalue weighted by molar-refractivity contribution is 6.84. The van der Waals surface area contributed by atoms with Crippen molar-refractivity contribution in [1.29, 1.82) is 0 Å². The predicted molar refractivity (Wildman–Crippen MR) is 145 cm³/mol. The van der Waals surface area contributed by atoms with Crippen LogP contribution in [0.25, 0.3) is 0 Å². The standard InChI is InChI=1S/C24H44N2O9Si2/c1-17(2)21(27)33-19(5)25-23(29)31-13-11-15-36(7,8)35-37(9,10)16-12-14-32-24(30)26-20(6)34-22(28)18(3)4/h19-20H,1,3,11-16H2,2,4-10H3,(H,25,29)(H,26,30). The molecule has 0 radical (unpaired) electrons. The number of carbonyl (C=O) groups is 4. The smallest absolute Gasteiger partial charge is 0.409 e. The van der Waals surface area contributed by atoms with Gasteiger partial charge in [-0.3, -0.25) is 10.6 Å². The summed E-state index contributed by atoms with van der Waals surface area (Å²) in [6, 6.07) is 1.60. The van der Waals surface area contributed by atoms with Gasteiger partial charge in [0.05, 0.1) is 13.2 Å². The summed E-state index contributed by atoms with van der Waals surface area (Å²) in [5.74, 6) is -1.17. The van der Waals surface area contributed by atoms with Gasteiger partial charge in [-0.25, -0.2) is 19.2 Å². The van der Waals surface area contributed by atoms with Gasteiger partial charge in [0, 0.05) is 11.1 Å². The van der Waals surface area contributed by atoms with E-state index in [0.29, 0.717) is 12.8 Å². The largest absolute Gasteiger partial charge is 0.455 e. The molecule has 37 heavy (non-hydrogen) atoms. The molecule has 0 spiro atoms. The lowest BCUT2D eigenvalue weighted by molar-refractivity contribution is -0.145. The van der Waals surface area contributed by atoms with E-state index >= 15 is 0 Å². The average Bonchev–Trinajstić information content (AvgIpc) is 2.73. The quantitative estimate of drug-likeness (QED) is 0.0693. The van der Waals surface area contributed by atoms with E-state index in [-0.39, 0.29) is 24.4 Å². The van der Waals surface area contributed by atoms with Gasteiger partial charge in [0.15, 0.2) is 29.1 Å². The SMILES string of the molecule is C=C(C)C(=O)OC(C)NC(=O)OCCC[Si](C)(C)O[Si](C)(C)CCCOC(=O)NC(C)OC(=O)C(=C)C. The maximum absolute atomic E-state index is 11.9. The summed E-state index contributed by atoms with van der Waals surface area (Å²) in [5, 5.41) is 4.87. The Hall–Kier alpha value is -2.65. The number of esters is 2. The van der Waals surface area contributed by atoms with Gasteiger partial charge in [-0.15, -0.1) is 0 Å². The van der Waals surface area contributed by atoms with E-state index in [9.17, 15) is 19.2 Å². The second-order valence-corrected chi connectivity index (χ2v) is 18.9. The summed E-state index contributed by atoms with van der Waals surface area (Å²) in [6.07, 6.45) is -1.68. The third kappa shape index (κ3) is 17.4.